The minimum absolute atomic E-state index is 0.367. The Labute approximate surface area is 98.4 Å². The van der Waals surface area contributed by atoms with Crippen LogP contribution in [-0.4, -0.2) is 12.1 Å². The highest BCUT2D eigenvalue weighted by Crippen LogP contribution is 2.04. The highest BCUT2D eigenvalue weighted by atomic mass is 19.1. The first kappa shape index (κ1) is 11.2. The highest BCUT2D eigenvalue weighted by molar-refractivity contribution is 6.01. The van der Waals surface area contributed by atoms with Gasteiger partial charge in [0, 0.05) is 11.8 Å². The van der Waals surface area contributed by atoms with Crippen molar-refractivity contribution >= 4 is 12.1 Å². The number of nitrogens with zero attached hydrogens (tertiary/aromatic N) is 1. The van der Waals surface area contributed by atoms with E-state index in [1.165, 1.54) is 30.5 Å². The van der Waals surface area contributed by atoms with Gasteiger partial charge in [-0.15, -0.1) is 0 Å². The van der Waals surface area contributed by atoms with Crippen LogP contribution in [0.4, 0.5) is 4.39 Å². The Morgan fingerprint density at radius 1 is 1.00 bits per heavy atom. The monoisotopic (exact) mass is 227 g/mol. The predicted molar refractivity (Wildman–Crippen MR) is 64.8 cm³/mol. The molecular formula is C14H10FNO. The van der Waals surface area contributed by atoms with Gasteiger partial charge in [0.25, 0.3) is 5.91 Å². The number of hydrogen-bond donors (Lipinski definition) is 0. The van der Waals surface area contributed by atoms with Crippen molar-refractivity contribution in [1.29, 1.82) is 0 Å². The lowest BCUT2D eigenvalue weighted by atomic mass is 10.2. The Morgan fingerprint density at radius 3 is 2.29 bits per heavy atom. The maximum atomic E-state index is 12.7. The summed E-state index contributed by atoms with van der Waals surface area (Å²) in [4.78, 5) is 15.4. The average molecular weight is 227 g/mol. The van der Waals surface area contributed by atoms with E-state index in [-0.39, 0.29) is 11.7 Å². The molecule has 2 rings (SSSR count). The zero-order valence-corrected chi connectivity index (χ0v) is 9.01. The third-order valence-corrected chi connectivity index (χ3v) is 2.22. The molecule has 0 radical (unpaired) electrons. The zero-order chi connectivity index (χ0) is 12.1. The van der Waals surface area contributed by atoms with Crippen LogP contribution in [-0.2, 0) is 0 Å². The summed E-state index contributed by atoms with van der Waals surface area (Å²) in [5.41, 5.74) is 1.22. The van der Waals surface area contributed by atoms with Gasteiger partial charge in [0.05, 0.1) is 0 Å². The molecule has 0 aliphatic heterocycles. The Balaban J connectivity index is 2.12. The van der Waals surface area contributed by atoms with E-state index < -0.39 is 0 Å². The number of amides is 1. The average Bonchev–Trinajstić information content (AvgIpc) is 2.38. The standard InChI is InChI=1S/C14H10FNO/c15-13-8-6-12(7-9-13)14(17)16-10-11-4-2-1-3-5-11/h1-10H. The van der Waals surface area contributed by atoms with Crippen molar-refractivity contribution in [3.63, 3.8) is 0 Å². The lowest BCUT2D eigenvalue weighted by Crippen LogP contribution is -1.95. The van der Waals surface area contributed by atoms with E-state index in [4.69, 9.17) is 0 Å². The molecule has 0 saturated heterocycles. The molecule has 0 aromatic heterocycles. The van der Waals surface area contributed by atoms with Gasteiger partial charge in [-0.2, -0.15) is 0 Å². The fourth-order valence-electron chi connectivity index (χ4n) is 1.34. The van der Waals surface area contributed by atoms with Crippen LogP contribution in [0.5, 0.6) is 0 Å². The molecule has 1 amide bonds. The van der Waals surface area contributed by atoms with Gasteiger partial charge in [0.15, 0.2) is 0 Å². The van der Waals surface area contributed by atoms with Gasteiger partial charge in [-0.25, -0.2) is 9.38 Å². The molecule has 0 saturated carbocycles. The molecule has 2 nitrogen and oxygen atoms in total. The summed E-state index contributed by atoms with van der Waals surface area (Å²) >= 11 is 0. The molecule has 84 valence electrons. The summed E-state index contributed by atoms with van der Waals surface area (Å²) in [5, 5.41) is 0. The molecule has 2 aromatic rings. The SMILES string of the molecule is O=C(N=Cc1ccccc1)c1ccc(F)cc1. The molecule has 0 N–H and O–H groups in total. The van der Waals surface area contributed by atoms with Gasteiger partial charge in [0.2, 0.25) is 0 Å². The van der Waals surface area contributed by atoms with Crippen molar-refractivity contribution in [3.05, 3.63) is 71.5 Å². The molecule has 3 heteroatoms. The van der Waals surface area contributed by atoms with Gasteiger partial charge in [-0.1, -0.05) is 30.3 Å². The summed E-state index contributed by atoms with van der Waals surface area (Å²) in [5.74, 6) is -0.748. The van der Waals surface area contributed by atoms with Crippen LogP contribution in [0.15, 0.2) is 59.6 Å². The minimum atomic E-state index is -0.381. The maximum Gasteiger partial charge on any atom is 0.276 e. The van der Waals surface area contributed by atoms with E-state index in [2.05, 4.69) is 4.99 Å². The summed E-state index contributed by atoms with van der Waals surface area (Å²) in [6.45, 7) is 0. The van der Waals surface area contributed by atoms with Crippen molar-refractivity contribution in [2.24, 2.45) is 4.99 Å². The second kappa shape index (κ2) is 5.16. The van der Waals surface area contributed by atoms with E-state index in [0.717, 1.165) is 5.56 Å². The molecule has 17 heavy (non-hydrogen) atoms. The van der Waals surface area contributed by atoms with Crippen LogP contribution in [0.2, 0.25) is 0 Å². The van der Waals surface area contributed by atoms with Crippen LogP contribution >= 0.6 is 0 Å². The van der Waals surface area contributed by atoms with Crippen LogP contribution in [0.25, 0.3) is 0 Å². The van der Waals surface area contributed by atoms with Crippen molar-refractivity contribution < 1.29 is 9.18 Å². The lowest BCUT2D eigenvalue weighted by Gasteiger charge is -1.95. The second-order valence-corrected chi connectivity index (χ2v) is 3.48. The normalized spacial score (nSPS) is 10.6. The van der Waals surface area contributed by atoms with Crippen molar-refractivity contribution in [3.8, 4) is 0 Å². The maximum absolute atomic E-state index is 12.7. The molecule has 0 unspecified atom stereocenters. The molecule has 0 bridgehead atoms. The molecule has 0 heterocycles. The van der Waals surface area contributed by atoms with E-state index in [1.807, 2.05) is 30.3 Å². The highest BCUT2D eigenvalue weighted by Gasteiger charge is 2.02. The number of aliphatic imine (C=N–C) groups is 1. The molecule has 0 atom stereocenters. The summed E-state index contributed by atoms with van der Waals surface area (Å²) in [6, 6.07) is 14.6. The van der Waals surface area contributed by atoms with E-state index in [9.17, 15) is 9.18 Å². The van der Waals surface area contributed by atoms with Gasteiger partial charge < -0.3 is 0 Å². The Hall–Kier alpha value is -2.29. The Bertz CT molecular complexity index is 532. The third-order valence-electron chi connectivity index (χ3n) is 2.22. The van der Waals surface area contributed by atoms with Crippen LogP contribution in [0.3, 0.4) is 0 Å². The zero-order valence-electron chi connectivity index (χ0n) is 9.01. The molecule has 0 aliphatic rings. The minimum Gasteiger partial charge on any atom is -0.267 e. The smallest absolute Gasteiger partial charge is 0.267 e. The fourth-order valence-corrected chi connectivity index (χ4v) is 1.34. The summed E-state index contributed by atoms with van der Waals surface area (Å²) in [6.07, 6.45) is 1.49. The number of rotatable bonds is 2. The molecular weight excluding hydrogens is 217 g/mol. The summed E-state index contributed by atoms with van der Waals surface area (Å²) < 4.78 is 12.7. The molecule has 0 spiro atoms. The Morgan fingerprint density at radius 2 is 1.65 bits per heavy atom. The first-order valence-corrected chi connectivity index (χ1v) is 5.15. The third kappa shape index (κ3) is 3.08. The number of carbonyl (C=O) groups is 1. The lowest BCUT2D eigenvalue weighted by molar-refractivity contribution is 0.100. The van der Waals surface area contributed by atoms with E-state index in [0.29, 0.717) is 5.56 Å². The van der Waals surface area contributed by atoms with E-state index in [1.54, 1.807) is 0 Å². The topological polar surface area (TPSA) is 29.4 Å². The quantitative estimate of drug-likeness (QED) is 0.725. The van der Waals surface area contributed by atoms with Gasteiger partial charge in [0.1, 0.15) is 5.82 Å². The second-order valence-electron chi connectivity index (χ2n) is 3.48. The van der Waals surface area contributed by atoms with Crippen LogP contribution in [0, 0.1) is 5.82 Å². The van der Waals surface area contributed by atoms with Gasteiger partial charge >= 0.3 is 0 Å². The molecule has 2 aromatic carbocycles. The first-order chi connectivity index (χ1) is 8.25. The largest absolute Gasteiger partial charge is 0.276 e. The van der Waals surface area contributed by atoms with Crippen molar-refractivity contribution in [2.45, 2.75) is 0 Å². The number of hydrogen-bond acceptors (Lipinski definition) is 1. The number of halogens is 1. The van der Waals surface area contributed by atoms with Gasteiger partial charge in [-0.3, -0.25) is 4.79 Å². The molecule has 0 aliphatic carbocycles. The first-order valence-electron chi connectivity index (χ1n) is 5.15. The van der Waals surface area contributed by atoms with Crippen LogP contribution < -0.4 is 0 Å². The molecule has 0 fully saturated rings. The van der Waals surface area contributed by atoms with Crippen molar-refractivity contribution in [2.75, 3.05) is 0 Å². The van der Waals surface area contributed by atoms with Crippen molar-refractivity contribution in [1.82, 2.24) is 0 Å². The fraction of sp³-hybridized carbons (Fsp3) is 0. The number of carbonyl (C=O) groups excluding carboxylic acids is 1. The Kier molecular flexibility index (Phi) is 3.40. The van der Waals surface area contributed by atoms with Crippen LogP contribution in [0.1, 0.15) is 15.9 Å². The predicted octanol–water partition coefficient (Wildman–Crippen LogP) is 3.09. The summed E-state index contributed by atoms with van der Waals surface area (Å²) in [7, 11) is 0. The van der Waals surface area contributed by atoms with Gasteiger partial charge in [-0.05, 0) is 29.8 Å². The van der Waals surface area contributed by atoms with E-state index >= 15 is 0 Å². The number of benzene rings is 2.